The van der Waals surface area contributed by atoms with Crippen molar-refractivity contribution in [3.8, 4) is 0 Å². The number of anilines is 2. The van der Waals surface area contributed by atoms with Crippen molar-refractivity contribution in [1.29, 1.82) is 0 Å². The minimum Gasteiger partial charge on any atom is -0.458 e. The van der Waals surface area contributed by atoms with E-state index in [0.717, 1.165) is 5.56 Å². The van der Waals surface area contributed by atoms with Crippen molar-refractivity contribution < 1.29 is 14.3 Å². The Morgan fingerprint density at radius 1 is 1.17 bits per heavy atom. The molecule has 0 saturated carbocycles. The third-order valence-corrected chi connectivity index (χ3v) is 3.86. The molecular formula is C20H24N6O3. The first-order valence-electron chi connectivity index (χ1n) is 9.23. The molecule has 0 fully saturated rings. The Labute approximate surface area is 168 Å². The van der Waals surface area contributed by atoms with E-state index >= 15 is 0 Å². The largest absolute Gasteiger partial charge is 0.458 e. The van der Waals surface area contributed by atoms with Crippen LogP contribution >= 0.6 is 0 Å². The summed E-state index contributed by atoms with van der Waals surface area (Å²) in [4.78, 5) is 39.9. The number of carbonyl (C=O) groups excluding carboxylic acids is 2. The van der Waals surface area contributed by atoms with Gasteiger partial charge in [0.2, 0.25) is 11.9 Å². The van der Waals surface area contributed by atoms with Gasteiger partial charge >= 0.3 is 5.97 Å². The number of H-pyrrole nitrogens is 1. The summed E-state index contributed by atoms with van der Waals surface area (Å²) in [5.74, 6) is -0.266. The Kier molecular flexibility index (Phi) is 5.76. The van der Waals surface area contributed by atoms with Gasteiger partial charge < -0.3 is 15.0 Å². The number of fused-ring (bicyclic) bond motifs is 1. The maximum Gasteiger partial charge on any atom is 0.329 e. The second-order valence-electron chi connectivity index (χ2n) is 7.60. The molecule has 0 unspecified atom stereocenters. The topological polar surface area (TPSA) is 122 Å². The summed E-state index contributed by atoms with van der Waals surface area (Å²) in [6.45, 7) is 6.82. The molecule has 0 bridgehead atoms. The summed E-state index contributed by atoms with van der Waals surface area (Å²) in [5.41, 5.74) is 1.23. The molecule has 2 heterocycles. The molecule has 3 aromatic rings. The zero-order valence-electron chi connectivity index (χ0n) is 16.8. The highest BCUT2D eigenvalue weighted by molar-refractivity contribution is 5.91. The fourth-order valence-corrected chi connectivity index (χ4v) is 2.73. The van der Waals surface area contributed by atoms with Gasteiger partial charge in [-0.05, 0) is 26.3 Å². The van der Waals surface area contributed by atoms with Gasteiger partial charge in [-0.3, -0.25) is 10.1 Å². The maximum atomic E-state index is 12.9. The van der Waals surface area contributed by atoms with Crippen molar-refractivity contribution in [1.82, 2.24) is 19.9 Å². The number of benzene rings is 1. The Morgan fingerprint density at radius 2 is 1.90 bits per heavy atom. The molecule has 0 spiro atoms. The average Bonchev–Trinajstić information content (AvgIpc) is 3.08. The minimum atomic E-state index is -0.705. The standard InChI is InChI=1S/C20H24N6O3/c1-12(27)23-19-25-16-15(21-11-22-16)17(26-19)24-14(18(28)29-20(2,3)4)10-13-8-6-5-7-9-13/h5-9,11,14H,10H2,1-4H3,(H3,21,22,23,24,25,26,27)/t14-/m0/s1. The first-order valence-corrected chi connectivity index (χ1v) is 9.23. The van der Waals surface area contributed by atoms with E-state index in [9.17, 15) is 9.59 Å². The zero-order valence-corrected chi connectivity index (χ0v) is 16.8. The number of nitrogens with zero attached hydrogens (tertiary/aromatic N) is 3. The van der Waals surface area contributed by atoms with E-state index in [4.69, 9.17) is 4.74 Å². The van der Waals surface area contributed by atoms with Crippen molar-refractivity contribution in [2.24, 2.45) is 0 Å². The van der Waals surface area contributed by atoms with E-state index in [0.29, 0.717) is 23.4 Å². The Balaban J connectivity index is 1.95. The lowest BCUT2D eigenvalue weighted by molar-refractivity contribution is -0.155. The molecule has 2 aromatic heterocycles. The lowest BCUT2D eigenvalue weighted by Gasteiger charge is -2.25. The second kappa shape index (κ2) is 8.26. The molecule has 1 amide bonds. The van der Waals surface area contributed by atoms with Crippen LogP contribution in [0.15, 0.2) is 36.7 Å². The van der Waals surface area contributed by atoms with Crippen LogP contribution in [0.25, 0.3) is 11.2 Å². The Hall–Kier alpha value is -3.49. The van der Waals surface area contributed by atoms with Crippen LogP contribution in [-0.4, -0.2) is 43.5 Å². The van der Waals surface area contributed by atoms with Crippen molar-refractivity contribution in [3.05, 3.63) is 42.2 Å². The summed E-state index contributed by atoms with van der Waals surface area (Å²) in [7, 11) is 0. The second-order valence-corrected chi connectivity index (χ2v) is 7.60. The number of rotatable bonds is 6. The average molecular weight is 396 g/mol. The van der Waals surface area contributed by atoms with Gasteiger partial charge in [0.15, 0.2) is 11.5 Å². The number of hydrogen-bond acceptors (Lipinski definition) is 7. The summed E-state index contributed by atoms with van der Waals surface area (Å²) in [5, 5.41) is 5.69. The fourth-order valence-electron chi connectivity index (χ4n) is 2.73. The molecule has 0 aliphatic rings. The summed E-state index contributed by atoms with van der Waals surface area (Å²) in [6.07, 6.45) is 1.87. The summed E-state index contributed by atoms with van der Waals surface area (Å²) in [6, 6.07) is 8.91. The lowest BCUT2D eigenvalue weighted by atomic mass is 10.1. The van der Waals surface area contributed by atoms with Gasteiger partial charge in [-0.2, -0.15) is 9.97 Å². The van der Waals surface area contributed by atoms with E-state index in [1.807, 2.05) is 51.1 Å². The van der Waals surface area contributed by atoms with Gasteiger partial charge in [0, 0.05) is 13.3 Å². The molecule has 0 saturated heterocycles. The summed E-state index contributed by atoms with van der Waals surface area (Å²) >= 11 is 0. The molecule has 1 atom stereocenters. The smallest absolute Gasteiger partial charge is 0.329 e. The van der Waals surface area contributed by atoms with E-state index in [1.54, 1.807) is 0 Å². The Morgan fingerprint density at radius 3 is 2.55 bits per heavy atom. The number of hydrogen-bond donors (Lipinski definition) is 3. The molecule has 0 radical (unpaired) electrons. The highest BCUT2D eigenvalue weighted by Gasteiger charge is 2.27. The van der Waals surface area contributed by atoms with Crippen molar-refractivity contribution in [2.45, 2.75) is 45.8 Å². The Bertz CT molecular complexity index is 1010. The quantitative estimate of drug-likeness (QED) is 0.548. The zero-order chi connectivity index (χ0) is 21.0. The van der Waals surface area contributed by atoms with E-state index in [1.165, 1.54) is 13.3 Å². The molecule has 3 N–H and O–H groups in total. The van der Waals surface area contributed by atoms with Crippen LogP contribution in [0.5, 0.6) is 0 Å². The molecule has 152 valence electrons. The number of aromatic amines is 1. The van der Waals surface area contributed by atoms with Crippen LogP contribution in [0.3, 0.4) is 0 Å². The first-order chi connectivity index (χ1) is 13.7. The maximum absolute atomic E-state index is 12.9. The normalized spacial score (nSPS) is 12.4. The number of aromatic nitrogens is 4. The molecule has 29 heavy (non-hydrogen) atoms. The van der Waals surface area contributed by atoms with Crippen LogP contribution in [0.1, 0.15) is 33.3 Å². The van der Waals surface area contributed by atoms with E-state index in [2.05, 4.69) is 30.6 Å². The van der Waals surface area contributed by atoms with Crippen molar-refractivity contribution >= 4 is 34.8 Å². The van der Waals surface area contributed by atoms with Gasteiger partial charge in [0.05, 0.1) is 6.33 Å². The monoisotopic (exact) mass is 396 g/mol. The van der Waals surface area contributed by atoms with Crippen LogP contribution in [0.2, 0.25) is 0 Å². The number of ether oxygens (including phenoxy) is 1. The number of carbonyl (C=O) groups is 2. The molecule has 9 heteroatoms. The van der Waals surface area contributed by atoms with Crippen LogP contribution in [0, 0.1) is 0 Å². The molecule has 0 aliphatic carbocycles. The third-order valence-electron chi connectivity index (χ3n) is 3.86. The first kappa shape index (κ1) is 20.2. The fraction of sp³-hybridized carbons (Fsp3) is 0.350. The minimum absolute atomic E-state index is 0.0993. The van der Waals surface area contributed by atoms with E-state index in [-0.39, 0.29) is 11.9 Å². The van der Waals surface area contributed by atoms with Crippen LogP contribution < -0.4 is 10.6 Å². The predicted molar refractivity (Wildman–Crippen MR) is 109 cm³/mol. The van der Waals surface area contributed by atoms with Gasteiger partial charge in [-0.1, -0.05) is 30.3 Å². The number of nitrogens with one attached hydrogen (secondary N) is 3. The number of imidazole rings is 1. The van der Waals surface area contributed by atoms with Crippen molar-refractivity contribution in [2.75, 3.05) is 10.6 Å². The van der Waals surface area contributed by atoms with Crippen molar-refractivity contribution in [3.63, 3.8) is 0 Å². The van der Waals surface area contributed by atoms with Gasteiger partial charge in [0.1, 0.15) is 17.2 Å². The predicted octanol–water partition coefficient (Wildman–Crippen LogP) is 2.68. The number of esters is 1. The molecule has 1 aromatic carbocycles. The van der Waals surface area contributed by atoms with Gasteiger partial charge in [-0.25, -0.2) is 9.78 Å². The SMILES string of the molecule is CC(=O)Nc1nc(N[C@@H](Cc2ccccc2)C(=O)OC(C)(C)C)c2[nH]cnc2n1. The van der Waals surface area contributed by atoms with E-state index < -0.39 is 17.6 Å². The molecule has 0 aliphatic heterocycles. The molecular weight excluding hydrogens is 372 g/mol. The molecule has 3 rings (SSSR count). The lowest BCUT2D eigenvalue weighted by Crippen LogP contribution is -2.38. The number of amides is 1. The van der Waals surface area contributed by atoms with Gasteiger partial charge in [-0.15, -0.1) is 0 Å². The van der Waals surface area contributed by atoms with Crippen LogP contribution in [-0.2, 0) is 20.7 Å². The van der Waals surface area contributed by atoms with Gasteiger partial charge in [0.25, 0.3) is 0 Å². The van der Waals surface area contributed by atoms with Crippen LogP contribution in [0.4, 0.5) is 11.8 Å². The highest BCUT2D eigenvalue weighted by atomic mass is 16.6. The molecule has 9 nitrogen and oxygen atoms in total. The summed E-state index contributed by atoms with van der Waals surface area (Å²) < 4.78 is 5.59. The third kappa shape index (κ3) is 5.50. The highest BCUT2D eigenvalue weighted by Crippen LogP contribution is 2.21.